The topological polar surface area (TPSA) is 87.7 Å². The van der Waals surface area contributed by atoms with Crippen LogP contribution in [0.1, 0.15) is 24.2 Å². The molecule has 0 aliphatic carbocycles. The van der Waals surface area contributed by atoms with Crippen LogP contribution in [0, 0.1) is 5.82 Å². The molecule has 0 heterocycles. The Kier molecular flexibility index (Phi) is 5.92. The maximum atomic E-state index is 13.4. The van der Waals surface area contributed by atoms with E-state index >= 15 is 0 Å². The van der Waals surface area contributed by atoms with E-state index in [1.54, 1.807) is 6.92 Å². The molecule has 0 spiro atoms. The van der Waals surface area contributed by atoms with Gasteiger partial charge in [-0.1, -0.05) is 6.07 Å². The fourth-order valence-electron chi connectivity index (χ4n) is 1.59. The number of hydrogen-bond acceptors (Lipinski definition) is 3. The maximum Gasteiger partial charge on any atom is 0.340 e. The Labute approximate surface area is 115 Å². The molecule has 0 fully saturated rings. The van der Waals surface area contributed by atoms with Crippen LogP contribution in [0.3, 0.4) is 0 Å². The molecular weight excluding hydrogens is 267 g/mol. The van der Waals surface area contributed by atoms with Gasteiger partial charge in [-0.25, -0.2) is 14.0 Å². The number of rotatable bonds is 6. The van der Waals surface area contributed by atoms with Crippen LogP contribution in [-0.2, 0) is 4.74 Å². The number of carboxylic acids is 1. The summed E-state index contributed by atoms with van der Waals surface area (Å²) < 4.78 is 18.6. The van der Waals surface area contributed by atoms with Gasteiger partial charge in [0.25, 0.3) is 0 Å². The number of halogens is 1. The Morgan fingerprint density at radius 3 is 2.75 bits per heavy atom. The number of urea groups is 1. The predicted molar refractivity (Wildman–Crippen MR) is 71.5 cm³/mol. The molecule has 1 unspecified atom stereocenters. The molecule has 0 saturated carbocycles. The average Bonchev–Trinajstić information content (AvgIpc) is 2.36. The first-order valence-corrected chi connectivity index (χ1v) is 6.14. The number of ether oxygens (including phenoxy) is 1. The van der Waals surface area contributed by atoms with E-state index in [1.807, 2.05) is 6.92 Å². The second-order valence-corrected chi connectivity index (χ2v) is 4.07. The van der Waals surface area contributed by atoms with Crippen LogP contribution >= 0.6 is 0 Å². The van der Waals surface area contributed by atoms with Gasteiger partial charge in [0.2, 0.25) is 0 Å². The Bertz CT molecular complexity index is 493. The fourth-order valence-corrected chi connectivity index (χ4v) is 1.59. The Morgan fingerprint density at radius 2 is 2.15 bits per heavy atom. The predicted octanol–water partition coefficient (Wildman–Crippen LogP) is 2.07. The molecule has 6 nitrogen and oxygen atoms in total. The van der Waals surface area contributed by atoms with Gasteiger partial charge < -0.3 is 20.5 Å². The lowest BCUT2D eigenvalue weighted by Gasteiger charge is -2.14. The van der Waals surface area contributed by atoms with Crippen LogP contribution in [-0.4, -0.2) is 36.4 Å². The fraction of sp³-hybridized carbons (Fsp3) is 0.385. The zero-order valence-corrected chi connectivity index (χ0v) is 11.3. The summed E-state index contributed by atoms with van der Waals surface area (Å²) in [5, 5.41) is 13.7. The highest BCUT2D eigenvalue weighted by molar-refractivity contribution is 6.00. The zero-order chi connectivity index (χ0) is 15.1. The quantitative estimate of drug-likeness (QED) is 0.746. The summed E-state index contributed by atoms with van der Waals surface area (Å²) in [6, 6.07) is 3.03. The van der Waals surface area contributed by atoms with Crippen LogP contribution in [0.2, 0.25) is 0 Å². The van der Waals surface area contributed by atoms with Crippen LogP contribution in [0.25, 0.3) is 0 Å². The molecule has 0 aliphatic heterocycles. The summed E-state index contributed by atoms with van der Waals surface area (Å²) in [6.45, 7) is 4.41. The SMILES string of the molecule is CCOC(C)CNC(=O)Nc1cccc(F)c1C(=O)O. The molecule has 3 N–H and O–H groups in total. The molecule has 7 heteroatoms. The molecule has 0 bridgehead atoms. The maximum absolute atomic E-state index is 13.4. The van der Waals surface area contributed by atoms with Crippen molar-refractivity contribution >= 4 is 17.7 Å². The molecule has 20 heavy (non-hydrogen) atoms. The number of amides is 2. The van der Waals surface area contributed by atoms with Crippen molar-refractivity contribution < 1.29 is 23.8 Å². The van der Waals surface area contributed by atoms with Crippen LogP contribution < -0.4 is 10.6 Å². The largest absolute Gasteiger partial charge is 0.478 e. The van der Waals surface area contributed by atoms with Crippen molar-refractivity contribution in [2.75, 3.05) is 18.5 Å². The number of benzene rings is 1. The van der Waals surface area contributed by atoms with Gasteiger partial charge in [0, 0.05) is 13.2 Å². The van der Waals surface area contributed by atoms with Crippen molar-refractivity contribution in [1.82, 2.24) is 5.32 Å². The normalized spacial score (nSPS) is 11.8. The highest BCUT2D eigenvalue weighted by Crippen LogP contribution is 2.18. The molecule has 0 aliphatic rings. The third kappa shape index (κ3) is 4.51. The lowest BCUT2D eigenvalue weighted by atomic mass is 10.1. The van der Waals surface area contributed by atoms with Crippen molar-refractivity contribution in [2.45, 2.75) is 20.0 Å². The summed E-state index contributed by atoms with van der Waals surface area (Å²) in [5.74, 6) is -2.35. The Hall–Kier alpha value is -2.15. The first kappa shape index (κ1) is 15.9. The smallest absolute Gasteiger partial charge is 0.340 e. The number of anilines is 1. The third-order valence-corrected chi connectivity index (χ3v) is 2.48. The van der Waals surface area contributed by atoms with Crippen molar-refractivity contribution in [2.24, 2.45) is 0 Å². The second-order valence-electron chi connectivity index (χ2n) is 4.07. The van der Waals surface area contributed by atoms with E-state index in [-0.39, 0.29) is 18.3 Å². The molecule has 2 amide bonds. The Balaban J connectivity index is 2.67. The minimum Gasteiger partial charge on any atom is -0.478 e. The van der Waals surface area contributed by atoms with Crippen molar-refractivity contribution in [3.63, 3.8) is 0 Å². The number of carboxylic acid groups (broad SMARTS) is 1. The summed E-state index contributed by atoms with van der Waals surface area (Å²) in [7, 11) is 0. The van der Waals surface area contributed by atoms with Crippen molar-refractivity contribution in [3.05, 3.63) is 29.6 Å². The first-order valence-electron chi connectivity index (χ1n) is 6.14. The van der Waals surface area contributed by atoms with Gasteiger partial charge in [0.15, 0.2) is 0 Å². The minimum absolute atomic E-state index is 0.0981. The molecule has 1 rings (SSSR count). The van der Waals surface area contributed by atoms with E-state index in [1.165, 1.54) is 12.1 Å². The van der Waals surface area contributed by atoms with Crippen molar-refractivity contribution in [1.29, 1.82) is 0 Å². The first-order chi connectivity index (χ1) is 9.45. The van der Waals surface area contributed by atoms with Gasteiger partial charge in [-0.2, -0.15) is 0 Å². The second kappa shape index (κ2) is 7.44. The van der Waals surface area contributed by atoms with Gasteiger partial charge in [-0.05, 0) is 26.0 Å². The molecule has 1 aromatic carbocycles. The van der Waals surface area contributed by atoms with Crippen LogP contribution in [0.4, 0.5) is 14.9 Å². The molecule has 0 saturated heterocycles. The Morgan fingerprint density at radius 1 is 1.45 bits per heavy atom. The number of carbonyl (C=O) groups excluding carboxylic acids is 1. The number of hydrogen-bond donors (Lipinski definition) is 3. The van der Waals surface area contributed by atoms with E-state index in [4.69, 9.17) is 9.84 Å². The van der Waals surface area contributed by atoms with Crippen LogP contribution in [0.15, 0.2) is 18.2 Å². The molecule has 0 radical (unpaired) electrons. The van der Waals surface area contributed by atoms with E-state index in [2.05, 4.69) is 10.6 Å². The molecule has 0 aromatic heterocycles. The number of carbonyl (C=O) groups is 2. The van der Waals surface area contributed by atoms with Gasteiger partial charge in [-0.3, -0.25) is 0 Å². The van der Waals surface area contributed by atoms with Gasteiger partial charge in [0.1, 0.15) is 11.4 Å². The molecular formula is C13H17FN2O4. The molecule has 1 atom stereocenters. The van der Waals surface area contributed by atoms with Gasteiger partial charge in [-0.15, -0.1) is 0 Å². The standard InChI is InChI=1S/C13H17FN2O4/c1-3-20-8(2)7-15-13(19)16-10-6-4-5-9(14)11(10)12(17)18/h4-6,8H,3,7H2,1-2H3,(H,17,18)(H2,15,16,19). The number of nitrogens with one attached hydrogen (secondary N) is 2. The lowest BCUT2D eigenvalue weighted by Crippen LogP contribution is -2.35. The van der Waals surface area contributed by atoms with Crippen LogP contribution in [0.5, 0.6) is 0 Å². The summed E-state index contributed by atoms with van der Waals surface area (Å²) in [5.41, 5.74) is -0.667. The van der Waals surface area contributed by atoms with E-state index < -0.39 is 23.4 Å². The summed E-state index contributed by atoms with van der Waals surface area (Å²) in [4.78, 5) is 22.6. The number of aromatic carboxylic acids is 1. The van der Waals surface area contributed by atoms with Gasteiger partial charge >= 0.3 is 12.0 Å². The van der Waals surface area contributed by atoms with Crippen molar-refractivity contribution in [3.8, 4) is 0 Å². The summed E-state index contributed by atoms with van der Waals surface area (Å²) >= 11 is 0. The average molecular weight is 284 g/mol. The molecule has 110 valence electrons. The van der Waals surface area contributed by atoms with E-state index in [0.29, 0.717) is 6.61 Å². The highest BCUT2D eigenvalue weighted by atomic mass is 19.1. The minimum atomic E-state index is -1.44. The molecule has 1 aromatic rings. The zero-order valence-electron chi connectivity index (χ0n) is 11.3. The van der Waals surface area contributed by atoms with Gasteiger partial charge in [0.05, 0.1) is 11.8 Å². The van der Waals surface area contributed by atoms with E-state index in [9.17, 15) is 14.0 Å². The highest BCUT2D eigenvalue weighted by Gasteiger charge is 2.17. The summed E-state index contributed by atoms with van der Waals surface area (Å²) in [6.07, 6.45) is -0.169. The monoisotopic (exact) mass is 284 g/mol. The lowest BCUT2D eigenvalue weighted by molar-refractivity contribution is 0.0692. The van der Waals surface area contributed by atoms with E-state index in [0.717, 1.165) is 6.07 Å². The third-order valence-electron chi connectivity index (χ3n) is 2.48.